The van der Waals surface area contributed by atoms with Gasteiger partial charge < -0.3 is 15.2 Å². The Kier molecular flexibility index (Phi) is 4.93. The van der Waals surface area contributed by atoms with E-state index in [1.165, 1.54) is 0 Å². The Morgan fingerprint density at radius 3 is 2.76 bits per heavy atom. The number of nitrogens with zero attached hydrogens (tertiary/aromatic N) is 2. The number of nitrogens with one attached hydrogen (secondary N) is 1. The summed E-state index contributed by atoms with van der Waals surface area (Å²) in [5.41, 5.74) is 1.73. The van der Waals surface area contributed by atoms with E-state index in [2.05, 4.69) is 10.4 Å². The van der Waals surface area contributed by atoms with Crippen molar-refractivity contribution in [2.75, 3.05) is 19.8 Å². The molecule has 4 rings (SSSR count). The van der Waals surface area contributed by atoms with Crippen molar-refractivity contribution >= 4 is 0 Å². The van der Waals surface area contributed by atoms with Crippen LogP contribution in [0.1, 0.15) is 62.2 Å². The number of aliphatic hydroxyl groups is 1. The molecule has 138 valence electrons. The van der Waals surface area contributed by atoms with Crippen LogP contribution in [0.4, 0.5) is 0 Å². The zero-order valence-corrected chi connectivity index (χ0v) is 14.9. The van der Waals surface area contributed by atoms with Crippen LogP contribution in [0.3, 0.4) is 0 Å². The summed E-state index contributed by atoms with van der Waals surface area (Å²) in [6.07, 6.45) is 8.57. The fourth-order valence-electron chi connectivity index (χ4n) is 4.46. The topological polar surface area (TPSA) is 76.4 Å². The highest BCUT2D eigenvalue weighted by Gasteiger charge is 2.31. The first-order chi connectivity index (χ1) is 12.1. The molecule has 25 heavy (non-hydrogen) atoms. The Morgan fingerprint density at radius 1 is 1.24 bits per heavy atom. The van der Waals surface area contributed by atoms with E-state index in [4.69, 9.17) is 4.74 Å². The molecule has 1 saturated heterocycles. The lowest BCUT2D eigenvalue weighted by Gasteiger charge is -2.35. The molecule has 0 spiro atoms. The Labute approximate surface area is 148 Å². The van der Waals surface area contributed by atoms with Gasteiger partial charge in [-0.15, -0.1) is 0 Å². The van der Waals surface area contributed by atoms with Crippen molar-refractivity contribution in [3.63, 3.8) is 0 Å². The van der Waals surface area contributed by atoms with Crippen LogP contribution in [0, 0.1) is 0 Å². The van der Waals surface area contributed by atoms with Crippen LogP contribution < -0.4 is 10.9 Å². The van der Waals surface area contributed by atoms with E-state index >= 15 is 0 Å². The van der Waals surface area contributed by atoms with E-state index in [0.29, 0.717) is 38.6 Å². The molecule has 2 heterocycles. The molecule has 1 aromatic heterocycles. The Morgan fingerprint density at radius 2 is 2.00 bits per heavy atom. The lowest BCUT2D eigenvalue weighted by atomic mass is 9.89. The average molecular weight is 347 g/mol. The van der Waals surface area contributed by atoms with Gasteiger partial charge in [0.1, 0.15) is 0 Å². The lowest BCUT2D eigenvalue weighted by molar-refractivity contribution is -0.0633. The maximum atomic E-state index is 12.4. The minimum Gasteiger partial charge on any atom is -0.388 e. The zero-order valence-electron chi connectivity index (χ0n) is 14.9. The maximum Gasteiger partial charge on any atom is 0.267 e. The highest BCUT2D eigenvalue weighted by molar-refractivity contribution is 5.22. The molecule has 2 aliphatic carbocycles. The molecule has 0 amide bonds. The van der Waals surface area contributed by atoms with Gasteiger partial charge in [0, 0.05) is 44.7 Å². The molecule has 6 nitrogen and oxygen atoms in total. The molecule has 1 saturated carbocycles. The van der Waals surface area contributed by atoms with Crippen LogP contribution >= 0.6 is 0 Å². The minimum absolute atomic E-state index is 0.0635. The molecule has 3 aliphatic rings. The molecule has 1 aliphatic heterocycles. The van der Waals surface area contributed by atoms with Crippen molar-refractivity contribution in [1.82, 2.24) is 15.1 Å². The highest BCUT2D eigenvalue weighted by atomic mass is 16.5. The van der Waals surface area contributed by atoms with Gasteiger partial charge in [0.05, 0.1) is 17.3 Å². The number of rotatable bonds is 4. The fraction of sp³-hybridized carbons (Fsp3) is 0.789. The van der Waals surface area contributed by atoms with E-state index in [1.54, 1.807) is 10.7 Å². The fourth-order valence-corrected chi connectivity index (χ4v) is 4.46. The van der Waals surface area contributed by atoms with Gasteiger partial charge in [0.25, 0.3) is 5.56 Å². The summed E-state index contributed by atoms with van der Waals surface area (Å²) in [7, 11) is 0. The largest absolute Gasteiger partial charge is 0.388 e. The molecule has 0 radical (unpaired) electrons. The summed E-state index contributed by atoms with van der Waals surface area (Å²) in [6, 6.07) is 2.45. The Hall–Kier alpha value is -1.24. The molecular weight excluding hydrogens is 318 g/mol. The van der Waals surface area contributed by atoms with Gasteiger partial charge in [-0.05, 0) is 50.5 Å². The summed E-state index contributed by atoms with van der Waals surface area (Å²) < 4.78 is 7.08. The van der Waals surface area contributed by atoms with Crippen molar-refractivity contribution in [2.45, 2.75) is 75.5 Å². The molecule has 0 unspecified atom stereocenters. The molecule has 2 fully saturated rings. The first-order valence-corrected chi connectivity index (χ1v) is 9.78. The number of aryl methyl sites for hydroxylation is 2. The van der Waals surface area contributed by atoms with Crippen molar-refractivity contribution in [1.29, 1.82) is 0 Å². The van der Waals surface area contributed by atoms with Gasteiger partial charge in [-0.2, -0.15) is 5.10 Å². The zero-order chi connectivity index (χ0) is 17.3. The van der Waals surface area contributed by atoms with Crippen molar-refractivity contribution in [3.8, 4) is 0 Å². The van der Waals surface area contributed by atoms with Crippen molar-refractivity contribution in [2.24, 2.45) is 0 Å². The van der Waals surface area contributed by atoms with Gasteiger partial charge in [-0.3, -0.25) is 4.79 Å². The molecule has 0 aromatic carbocycles. The maximum absolute atomic E-state index is 12.4. The summed E-state index contributed by atoms with van der Waals surface area (Å²) in [5, 5.41) is 18.8. The van der Waals surface area contributed by atoms with Crippen molar-refractivity contribution in [3.05, 3.63) is 27.7 Å². The summed E-state index contributed by atoms with van der Waals surface area (Å²) >= 11 is 0. The first kappa shape index (κ1) is 17.2. The predicted molar refractivity (Wildman–Crippen MR) is 94.8 cm³/mol. The third-order valence-electron chi connectivity index (χ3n) is 6.17. The smallest absolute Gasteiger partial charge is 0.267 e. The van der Waals surface area contributed by atoms with E-state index in [0.717, 1.165) is 56.2 Å². The molecular formula is C19H29N3O3. The number of fused-ring (bicyclic) bond motifs is 1. The monoisotopic (exact) mass is 347 g/mol. The number of hydrogen-bond donors (Lipinski definition) is 2. The second-order valence-electron chi connectivity index (χ2n) is 7.98. The summed E-state index contributed by atoms with van der Waals surface area (Å²) in [6.45, 7) is 1.94. The number of ether oxygens (including phenoxy) is 1. The summed E-state index contributed by atoms with van der Waals surface area (Å²) in [4.78, 5) is 12.4. The van der Waals surface area contributed by atoms with Gasteiger partial charge in [0.15, 0.2) is 0 Å². The first-order valence-electron chi connectivity index (χ1n) is 9.78. The SMILES string of the molecule is O=c1cc2c(nn1C1CCC(NCC3(O)CCOCC3)CC1)CCC2. The van der Waals surface area contributed by atoms with E-state index < -0.39 is 5.60 Å². The van der Waals surface area contributed by atoms with E-state index in [1.807, 2.05) is 0 Å². The van der Waals surface area contributed by atoms with Gasteiger partial charge in [0.2, 0.25) is 0 Å². The molecule has 2 N–H and O–H groups in total. The predicted octanol–water partition coefficient (Wildman–Crippen LogP) is 1.35. The minimum atomic E-state index is -0.617. The quantitative estimate of drug-likeness (QED) is 0.860. The number of hydrogen-bond acceptors (Lipinski definition) is 5. The average Bonchev–Trinajstić information content (AvgIpc) is 3.08. The van der Waals surface area contributed by atoms with Gasteiger partial charge in [-0.25, -0.2) is 4.68 Å². The molecule has 0 bridgehead atoms. The van der Waals surface area contributed by atoms with Crippen LogP contribution in [0.15, 0.2) is 10.9 Å². The normalized spacial score (nSPS) is 28.7. The summed E-state index contributed by atoms with van der Waals surface area (Å²) in [5.74, 6) is 0. The van der Waals surface area contributed by atoms with E-state index in [9.17, 15) is 9.90 Å². The third kappa shape index (κ3) is 3.81. The Bertz CT molecular complexity index is 658. The van der Waals surface area contributed by atoms with Crippen LogP contribution in [0.5, 0.6) is 0 Å². The third-order valence-corrected chi connectivity index (χ3v) is 6.17. The molecule has 6 heteroatoms. The van der Waals surface area contributed by atoms with Crippen LogP contribution in [0.2, 0.25) is 0 Å². The molecule has 0 atom stereocenters. The second kappa shape index (κ2) is 7.17. The Balaban J connectivity index is 1.32. The van der Waals surface area contributed by atoms with Crippen molar-refractivity contribution < 1.29 is 9.84 Å². The standard InChI is InChI=1S/C19H29N3O3/c23-18-12-14-2-1-3-17(14)21-22(18)16-6-4-15(5-7-16)20-13-19(24)8-10-25-11-9-19/h12,15-16,20,24H,1-11,13H2. The van der Waals surface area contributed by atoms with E-state index in [-0.39, 0.29) is 11.6 Å². The number of aromatic nitrogens is 2. The van der Waals surface area contributed by atoms with Crippen LogP contribution in [0.25, 0.3) is 0 Å². The second-order valence-corrected chi connectivity index (χ2v) is 7.98. The van der Waals surface area contributed by atoms with Crippen LogP contribution in [-0.4, -0.2) is 46.3 Å². The highest BCUT2D eigenvalue weighted by Crippen LogP contribution is 2.29. The van der Waals surface area contributed by atoms with Crippen LogP contribution in [-0.2, 0) is 17.6 Å². The lowest BCUT2D eigenvalue weighted by Crippen LogP contribution is -2.48. The molecule has 1 aromatic rings. The van der Waals surface area contributed by atoms with Gasteiger partial charge in [-0.1, -0.05) is 0 Å². The van der Waals surface area contributed by atoms with Gasteiger partial charge >= 0.3 is 0 Å².